The third-order valence-electron chi connectivity index (χ3n) is 5.08. The molecule has 2 aromatic rings. The first-order chi connectivity index (χ1) is 15.0. The highest BCUT2D eigenvalue weighted by Gasteiger charge is 2.26. The molecule has 1 aliphatic heterocycles. The second kappa shape index (κ2) is 13.0. The minimum Gasteiger partial charge on any atom is -0.372 e. The van der Waals surface area contributed by atoms with Crippen LogP contribution in [0.2, 0.25) is 5.02 Å². The van der Waals surface area contributed by atoms with E-state index < -0.39 is 0 Å². The van der Waals surface area contributed by atoms with Crippen molar-refractivity contribution in [1.82, 2.24) is 15.5 Å². The molecule has 0 aromatic heterocycles. The van der Waals surface area contributed by atoms with Crippen LogP contribution in [-0.4, -0.2) is 48.6 Å². The van der Waals surface area contributed by atoms with Crippen LogP contribution in [0.1, 0.15) is 42.3 Å². The summed E-state index contributed by atoms with van der Waals surface area (Å²) in [5.41, 5.74) is 2.75. The lowest BCUT2D eigenvalue weighted by Crippen LogP contribution is -2.48. The number of amides is 1. The Balaban J connectivity index is 0.00000363. The van der Waals surface area contributed by atoms with Crippen molar-refractivity contribution >= 4 is 47.4 Å². The van der Waals surface area contributed by atoms with Crippen LogP contribution in [0.3, 0.4) is 0 Å². The summed E-state index contributed by atoms with van der Waals surface area (Å²) in [4.78, 5) is 19.3. The Hall–Kier alpha value is -1.84. The van der Waals surface area contributed by atoms with Crippen LogP contribution in [0.4, 0.5) is 0 Å². The topological polar surface area (TPSA) is 66.0 Å². The van der Waals surface area contributed by atoms with Crippen molar-refractivity contribution in [1.29, 1.82) is 0 Å². The van der Waals surface area contributed by atoms with E-state index in [0.29, 0.717) is 31.7 Å². The van der Waals surface area contributed by atoms with Crippen molar-refractivity contribution in [2.75, 3.05) is 19.6 Å². The van der Waals surface area contributed by atoms with Gasteiger partial charge in [-0.05, 0) is 50.1 Å². The lowest BCUT2D eigenvalue weighted by Gasteiger charge is -2.35. The van der Waals surface area contributed by atoms with E-state index in [2.05, 4.69) is 15.6 Å². The number of guanidine groups is 1. The molecule has 0 bridgehead atoms. The zero-order chi connectivity index (χ0) is 22.2. The second-order valence-electron chi connectivity index (χ2n) is 7.80. The van der Waals surface area contributed by atoms with Crippen LogP contribution in [0.25, 0.3) is 0 Å². The molecule has 174 valence electrons. The molecule has 2 atom stereocenters. The summed E-state index contributed by atoms with van der Waals surface area (Å²) in [6.45, 7) is 9.14. The largest absolute Gasteiger partial charge is 0.372 e. The summed E-state index contributed by atoms with van der Waals surface area (Å²) in [7, 11) is 0. The van der Waals surface area contributed by atoms with Gasteiger partial charge in [0.2, 0.25) is 0 Å². The minimum atomic E-state index is 0. The number of hydrogen-bond acceptors (Lipinski definition) is 3. The van der Waals surface area contributed by atoms with Gasteiger partial charge in [0.25, 0.3) is 5.91 Å². The average Bonchev–Trinajstić information content (AvgIpc) is 2.76. The van der Waals surface area contributed by atoms with Crippen molar-refractivity contribution in [3.63, 3.8) is 0 Å². The van der Waals surface area contributed by atoms with E-state index >= 15 is 0 Å². The zero-order valence-corrected chi connectivity index (χ0v) is 21.9. The van der Waals surface area contributed by atoms with Gasteiger partial charge in [-0.15, -0.1) is 24.0 Å². The first kappa shape index (κ1) is 26.4. The second-order valence-corrected chi connectivity index (χ2v) is 8.21. The van der Waals surface area contributed by atoms with E-state index in [-0.39, 0.29) is 42.1 Å². The van der Waals surface area contributed by atoms with Gasteiger partial charge in [0, 0.05) is 36.8 Å². The molecule has 0 aliphatic carbocycles. The van der Waals surface area contributed by atoms with E-state index in [1.807, 2.05) is 74.2 Å². The van der Waals surface area contributed by atoms with E-state index in [4.69, 9.17) is 16.3 Å². The summed E-state index contributed by atoms with van der Waals surface area (Å²) in [5, 5.41) is 7.29. The monoisotopic (exact) mass is 570 g/mol. The maximum Gasteiger partial charge on any atom is 0.254 e. The molecule has 1 saturated heterocycles. The number of halogens is 2. The van der Waals surface area contributed by atoms with Gasteiger partial charge >= 0.3 is 0 Å². The van der Waals surface area contributed by atoms with Gasteiger partial charge in [0.05, 0.1) is 18.8 Å². The Morgan fingerprint density at radius 1 is 1.09 bits per heavy atom. The molecule has 1 aliphatic rings. The van der Waals surface area contributed by atoms with E-state index in [1.54, 1.807) is 0 Å². The molecule has 6 nitrogen and oxygen atoms in total. The summed E-state index contributed by atoms with van der Waals surface area (Å²) in [6.07, 6.45) is 0.119. The molecular weight excluding hydrogens is 539 g/mol. The van der Waals surface area contributed by atoms with Gasteiger partial charge in [-0.1, -0.05) is 41.9 Å². The van der Waals surface area contributed by atoms with Crippen LogP contribution >= 0.6 is 35.6 Å². The van der Waals surface area contributed by atoms with Gasteiger partial charge in [-0.25, -0.2) is 4.99 Å². The Bertz CT molecular complexity index is 897. The highest BCUT2D eigenvalue weighted by Crippen LogP contribution is 2.16. The molecule has 0 radical (unpaired) electrons. The number of morpholine rings is 1. The number of aliphatic imine (C=N–C) groups is 1. The smallest absolute Gasteiger partial charge is 0.254 e. The third-order valence-corrected chi connectivity index (χ3v) is 5.44. The highest BCUT2D eigenvalue weighted by atomic mass is 127. The van der Waals surface area contributed by atoms with Crippen LogP contribution in [-0.2, 0) is 17.8 Å². The van der Waals surface area contributed by atoms with Gasteiger partial charge in [0.1, 0.15) is 0 Å². The van der Waals surface area contributed by atoms with Crippen molar-refractivity contribution in [3.8, 4) is 0 Å². The van der Waals surface area contributed by atoms with E-state index in [1.165, 1.54) is 0 Å². The number of carbonyl (C=O) groups excluding carboxylic acids is 1. The molecule has 2 unspecified atom stereocenters. The first-order valence-electron chi connectivity index (χ1n) is 10.8. The fourth-order valence-electron chi connectivity index (χ4n) is 3.61. The molecule has 3 rings (SSSR count). The predicted octanol–water partition coefficient (Wildman–Crippen LogP) is 4.46. The first-order valence-corrected chi connectivity index (χ1v) is 11.1. The lowest BCUT2D eigenvalue weighted by molar-refractivity contribution is -0.0586. The van der Waals surface area contributed by atoms with E-state index in [0.717, 1.165) is 28.7 Å². The van der Waals surface area contributed by atoms with Gasteiger partial charge < -0.3 is 20.3 Å². The number of nitrogens with one attached hydrogen (secondary N) is 2. The molecular formula is C24H32ClIN4O2. The maximum atomic E-state index is 12.8. The fourth-order valence-corrected chi connectivity index (χ4v) is 3.81. The maximum absolute atomic E-state index is 12.8. The summed E-state index contributed by atoms with van der Waals surface area (Å²) >= 11 is 6.23. The Labute approximate surface area is 212 Å². The van der Waals surface area contributed by atoms with Crippen LogP contribution in [0.15, 0.2) is 53.5 Å². The fraction of sp³-hybridized carbons (Fsp3) is 0.417. The minimum absolute atomic E-state index is 0. The molecule has 0 spiro atoms. The number of ether oxygens (including phenoxy) is 1. The molecule has 8 heteroatoms. The number of benzene rings is 2. The summed E-state index contributed by atoms with van der Waals surface area (Å²) < 4.78 is 5.72. The quantitative estimate of drug-likeness (QED) is 0.306. The molecule has 32 heavy (non-hydrogen) atoms. The molecule has 1 heterocycles. The molecule has 2 aromatic carbocycles. The average molecular weight is 571 g/mol. The van der Waals surface area contributed by atoms with Crippen LogP contribution in [0, 0.1) is 0 Å². The normalized spacial score (nSPS) is 18.6. The molecule has 1 amide bonds. The lowest BCUT2D eigenvalue weighted by atomic mass is 10.1. The number of hydrogen-bond donors (Lipinski definition) is 2. The van der Waals surface area contributed by atoms with Gasteiger partial charge in [-0.3, -0.25) is 4.79 Å². The summed E-state index contributed by atoms with van der Waals surface area (Å²) in [5.74, 6) is 0.769. The molecule has 0 saturated carbocycles. The van der Waals surface area contributed by atoms with Gasteiger partial charge in [-0.2, -0.15) is 0 Å². The highest BCUT2D eigenvalue weighted by molar-refractivity contribution is 14.0. The number of rotatable bonds is 6. The van der Waals surface area contributed by atoms with Crippen molar-refractivity contribution in [2.24, 2.45) is 4.99 Å². The standard InChI is InChI=1S/C24H31ClN4O2.HI/c1-4-26-24(28-14-21-7-5-6-8-22(21)25)27-13-19-9-11-20(12-10-19)23(30)29-15-17(2)31-18(3)16-29;/h5-12,17-18H,4,13-16H2,1-3H3,(H2,26,27,28);1H. The Morgan fingerprint density at radius 3 is 2.38 bits per heavy atom. The number of carbonyl (C=O) groups is 1. The molecule has 2 N–H and O–H groups in total. The zero-order valence-electron chi connectivity index (χ0n) is 18.8. The Morgan fingerprint density at radius 2 is 1.75 bits per heavy atom. The van der Waals surface area contributed by atoms with Gasteiger partial charge in [0.15, 0.2) is 5.96 Å². The summed E-state index contributed by atoms with van der Waals surface area (Å²) in [6, 6.07) is 15.4. The van der Waals surface area contributed by atoms with E-state index in [9.17, 15) is 4.79 Å². The van der Waals surface area contributed by atoms with Crippen LogP contribution < -0.4 is 10.6 Å². The van der Waals surface area contributed by atoms with Crippen molar-refractivity contribution in [3.05, 3.63) is 70.2 Å². The Kier molecular flexibility index (Phi) is 10.7. The van der Waals surface area contributed by atoms with Crippen LogP contribution in [0.5, 0.6) is 0 Å². The molecule has 1 fully saturated rings. The third kappa shape index (κ3) is 7.64. The van der Waals surface area contributed by atoms with Crippen molar-refractivity contribution < 1.29 is 9.53 Å². The van der Waals surface area contributed by atoms with Crippen molar-refractivity contribution in [2.45, 2.75) is 46.1 Å². The predicted molar refractivity (Wildman–Crippen MR) is 141 cm³/mol. The SMILES string of the molecule is CCNC(=NCc1ccc(C(=O)N2CC(C)OC(C)C2)cc1)NCc1ccccc1Cl.I. The number of nitrogens with zero attached hydrogens (tertiary/aromatic N) is 2.